The van der Waals surface area contributed by atoms with Crippen LogP contribution in [0.2, 0.25) is 0 Å². The maximum Gasteiger partial charge on any atom is 0.271 e. The van der Waals surface area contributed by atoms with Crippen molar-refractivity contribution in [1.29, 1.82) is 0 Å². The number of rotatable bonds is 5. The molecule has 0 aliphatic heterocycles. The number of hydrogen-bond acceptors (Lipinski definition) is 5. The molecule has 20 heavy (non-hydrogen) atoms. The van der Waals surface area contributed by atoms with Gasteiger partial charge in [-0.05, 0) is 12.0 Å². The number of nitro groups is 1. The smallest absolute Gasteiger partial charge is 0.271 e. The predicted molar refractivity (Wildman–Crippen MR) is 75.7 cm³/mol. The van der Waals surface area contributed by atoms with Gasteiger partial charge < -0.3 is 5.32 Å². The van der Waals surface area contributed by atoms with Gasteiger partial charge in [0.1, 0.15) is 5.69 Å². The Balaban J connectivity index is 2.18. The van der Waals surface area contributed by atoms with Crippen LogP contribution in [0.3, 0.4) is 0 Å². The van der Waals surface area contributed by atoms with Gasteiger partial charge in [-0.15, -0.1) is 11.3 Å². The molecule has 7 heteroatoms. The minimum absolute atomic E-state index is 0.0175. The summed E-state index contributed by atoms with van der Waals surface area (Å²) in [5.41, 5.74) is 2.68. The van der Waals surface area contributed by atoms with Crippen LogP contribution in [0.1, 0.15) is 35.4 Å². The SMILES string of the molecule is CC[C@H](NC(=O)c1cscn1)c1cccc([N+](=O)[O-])c1. The lowest BCUT2D eigenvalue weighted by Gasteiger charge is -2.16. The summed E-state index contributed by atoms with van der Waals surface area (Å²) in [5, 5.41) is 15.3. The highest BCUT2D eigenvalue weighted by Crippen LogP contribution is 2.22. The Morgan fingerprint density at radius 1 is 1.55 bits per heavy atom. The van der Waals surface area contributed by atoms with E-state index < -0.39 is 4.92 Å². The van der Waals surface area contributed by atoms with E-state index in [1.165, 1.54) is 23.5 Å². The van der Waals surface area contributed by atoms with Crippen molar-refractivity contribution >= 4 is 22.9 Å². The number of aromatic nitrogens is 1. The van der Waals surface area contributed by atoms with Gasteiger partial charge in [0, 0.05) is 17.5 Å². The summed E-state index contributed by atoms with van der Waals surface area (Å²) < 4.78 is 0. The van der Waals surface area contributed by atoms with E-state index in [9.17, 15) is 14.9 Å². The Labute approximate surface area is 119 Å². The fourth-order valence-electron chi connectivity index (χ4n) is 1.83. The van der Waals surface area contributed by atoms with Gasteiger partial charge in [0.05, 0.1) is 16.5 Å². The van der Waals surface area contributed by atoms with Crippen LogP contribution in [0.15, 0.2) is 35.2 Å². The van der Waals surface area contributed by atoms with Crippen LogP contribution in [0, 0.1) is 10.1 Å². The van der Waals surface area contributed by atoms with Crippen LogP contribution in [0.25, 0.3) is 0 Å². The number of nitro benzene ring substituents is 1. The van der Waals surface area contributed by atoms with Gasteiger partial charge >= 0.3 is 0 Å². The van der Waals surface area contributed by atoms with Gasteiger partial charge in [0.2, 0.25) is 0 Å². The molecule has 1 aromatic heterocycles. The number of hydrogen-bond donors (Lipinski definition) is 1. The molecule has 2 rings (SSSR count). The lowest BCUT2D eigenvalue weighted by atomic mass is 10.0. The zero-order valence-electron chi connectivity index (χ0n) is 10.8. The van der Waals surface area contributed by atoms with Crippen LogP contribution < -0.4 is 5.32 Å². The number of carbonyl (C=O) groups excluding carboxylic acids is 1. The minimum Gasteiger partial charge on any atom is -0.344 e. The second-order valence-electron chi connectivity index (χ2n) is 4.16. The average molecular weight is 291 g/mol. The fraction of sp³-hybridized carbons (Fsp3) is 0.231. The van der Waals surface area contributed by atoms with Crippen LogP contribution >= 0.6 is 11.3 Å². The van der Waals surface area contributed by atoms with E-state index in [0.29, 0.717) is 17.7 Å². The van der Waals surface area contributed by atoms with Crippen molar-refractivity contribution < 1.29 is 9.72 Å². The molecule has 2 aromatic rings. The molecule has 0 saturated heterocycles. The fourth-order valence-corrected chi connectivity index (χ4v) is 2.37. The molecular weight excluding hydrogens is 278 g/mol. The van der Waals surface area contributed by atoms with Crippen LogP contribution in [-0.4, -0.2) is 15.8 Å². The molecule has 1 heterocycles. The van der Waals surface area contributed by atoms with Crippen molar-refractivity contribution in [2.45, 2.75) is 19.4 Å². The van der Waals surface area contributed by atoms with Gasteiger partial charge in [-0.3, -0.25) is 14.9 Å². The van der Waals surface area contributed by atoms with Crippen molar-refractivity contribution in [3.63, 3.8) is 0 Å². The zero-order chi connectivity index (χ0) is 14.5. The topological polar surface area (TPSA) is 85.1 Å². The van der Waals surface area contributed by atoms with Gasteiger partial charge in [-0.2, -0.15) is 0 Å². The van der Waals surface area contributed by atoms with Gasteiger partial charge in [-0.25, -0.2) is 4.98 Å². The molecule has 0 unspecified atom stereocenters. The lowest BCUT2D eigenvalue weighted by Crippen LogP contribution is -2.28. The van der Waals surface area contributed by atoms with E-state index in [0.717, 1.165) is 0 Å². The quantitative estimate of drug-likeness (QED) is 0.678. The molecule has 104 valence electrons. The molecule has 0 aliphatic carbocycles. The summed E-state index contributed by atoms with van der Waals surface area (Å²) in [6, 6.07) is 6.02. The van der Waals surface area contributed by atoms with Gasteiger partial charge in [0.15, 0.2) is 0 Å². The molecule has 1 N–H and O–H groups in total. The molecule has 0 spiro atoms. The highest BCUT2D eigenvalue weighted by Gasteiger charge is 2.17. The van der Waals surface area contributed by atoms with Crippen molar-refractivity contribution in [3.05, 3.63) is 56.5 Å². The third-order valence-corrected chi connectivity index (χ3v) is 3.45. The van der Waals surface area contributed by atoms with Gasteiger partial charge in [-0.1, -0.05) is 19.1 Å². The highest BCUT2D eigenvalue weighted by atomic mass is 32.1. The lowest BCUT2D eigenvalue weighted by molar-refractivity contribution is -0.384. The third-order valence-electron chi connectivity index (χ3n) is 2.86. The molecule has 0 bridgehead atoms. The summed E-state index contributed by atoms with van der Waals surface area (Å²) in [4.78, 5) is 26.2. The van der Waals surface area contributed by atoms with Crippen LogP contribution in [0.5, 0.6) is 0 Å². The van der Waals surface area contributed by atoms with E-state index in [-0.39, 0.29) is 17.6 Å². The molecule has 1 amide bonds. The number of carbonyl (C=O) groups is 1. The number of amides is 1. The van der Waals surface area contributed by atoms with E-state index in [1.54, 1.807) is 23.0 Å². The summed E-state index contributed by atoms with van der Waals surface area (Å²) >= 11 is 1.34. The van der Waals surface area contributed by atoms with Gasteiger partial charge in [0.25, 0.3) is 11.6 Å². The van der Waals surface area contributed by atoms with E-state index in [4.69, 9.17) is 0 Å². The molecular formula is C13H13N3O3S. The Morgan fingerprint density at radius 3 is 2.95 bits per heavy atom. The Bertz CT molecular complexity index is 613. The van der Waals surface area contributed by atoms with Crippen molar-refractivity contribution in [2.75, 3.05) is 0 Å². The Hall–Kier alpha value is -2.28. The van der Waals surface area contributed by atoms with E-state index in [2.05, 4.69) is 10.3 Å². The van der Waals surface area contributed by atoms with Crippen LogP contribution in [0.4, 0.5) is 5.69 Å². The molecule has 0 saturated carbocycles. The van der Waals surface area contributed by atoms with Crippen LogP contribution in [-0.2, 0) is 0 Å². The molecule has 6 nitrogen and oxygen atoms in total. The maximum atomic E-state index is 12.0. The number of benzene rings is 1. The maximum absolute atomic E-state index is 12.0. The van der Waals surface area contributed by atoms with Crippen molar-refractivity contribution in [2.24, 2.45) is 0 Å². The summed E-state index contributed by atoms with van der Waals surface area (Å²) in [5.74, 6) is -0.274. The Kier molecular flexibility index (Phi) is 4.41. The first-order chi connectivity index (χ1) is 9.61. The molecule has 1 atom stereocenters. The number of nitrogens with one attached hydrogen (secondary N) is 1. The Morgan fingerprint density at radius 2 is 2.35 bits per heavy atom. The first-order valence-electron chi connectivity index (χ1n) is 6.05. The monoisotopic (exact) mass is 291 g/mol. The molecule has 0 radical (unpaired) electrons. The summed E-state index contributed by atoms with van der Waals surface area (Å²) in [7, 11) is 0. The van der Waals surface area contributed by atoms with Crippen molar-refractivity contribution in [3.8, 4) is 0 Å². The average Bonchev–Trinajstić information content (AvgIpc) is 2.99. The molecule has 0 fully saturated rings. The second-order valence-corrected chi connectivity index (χ2v) is 4.88. The van der Waals surface area contributed by atoms with E-state index >= 15 is 0 Å². The first kappa shape index (κ1) is 14.1. The number of non-ortho nitro benzene ring substituents is 1. The number of thiazole rings is 1. The minimum atomic E-state index is -0.446. The van der Waals surface area contributed by atoms with Crippen molar-refractivity contribution in [1.82, 2.24) is 10.3 Å². The number of nitrogens with zero attached hydrogens (tertiary/aromatic N) is 2. The summed E-state index contributed by atoms with van der Waals surface area (Å²) in [6.45, 7) is 1.91. The second kappa shape index (κ2) is 6.25. The molecule has 1 aromatic carbocycles. The predicted octanol–water partition coefficient (Wildman–Crippen LogP) is 2.93. The zero-order valence-corrected chi connectivity index (χ0v) is 11.6. The van der Waals surface area contributed by atoms with E-state index in [1.807, 2.05) is 6.92 Å². The molecule has 0 aliphatic rings. The normalized spacial score (nSPS) is 11.8. The largest absolute Gasteiger partial charge is 0.344 e. The third kappa shape index (κ3) is 3.18. The first-order valence-corrected chi connectivity index (χ1v) is 6.99. The highest BCUT2D eigenvalue weighted by molar-refractivity contribution is 7.07. The summed E-state index contributed by atoms with van der Waals surface area (Å²) in [6.07, 6.45) is 0.636. The standard InChI is InChI=1S/C13H13N3O3S/c1-2-11(15-13(17)12-7-20-8-14-12)9-4-3-5-10(6-9)16(18)19/h3-8,11H,2H2,1H3,(H,15,17)/t11-/m0/s1.